The Labute approximate surface area is 175 Å². The van der Waals surface area contributed by atoms with Gasteiger partial charge in [-0.15, -0.1) is 0 Å². The molecule has 146 valence electrons. The number of carbonyl (C=O) groups is 2. The Hall–Kier alpha value is -2.32. The summed E-state index contributed by atoms with van der Waals surface area (Å²) in [6.45, 7) is 0. The number of carboxylic acids is 1. The Morgan fingerprint density at radius 3 is 1.68 bits per heavy atom. The van der Waals surface area contributed by atoms with E-state index in [1.807, 2.05) is 6.07 Å². The van der Waals surface area contributed by atoms with E-state index in [0.717, 1.165) is 10.8 Å². The highest BCUT2D eigenvalue weighted by molar-refractivity contribution is 8.26. The number of furan rings is 2. The first-order valence-corrected chi connectivity index (χ1v) is 10.6. The van der Waals surface area contributed by atoms with Gasteiger partial charge in [-0.25, -0.2) is 9.00 Å². The van der Waals surface area contributed by atoms with Gasteiger partial charge < -0.3 is 13.9 Å². The molecule has 0 spiro atoms. The van der Waals surface area contributed by atoms with Gasteiger partial charge in [0.2, 0.25) is 9.23 Å². The Balaban J connectivity index is 0.000000169. The third kappa shape index (κ3) is 6.38. The molecule has 6 nitrogen and oxygen atoms in total. The lowest BCUT2D eigenvalue weighted by Gasteiger charge is -1.92. The Kier molecular flexibility index (Phi) is 8.07. The molecule has 10 heteroatoms. The number of benzene rings is 2. The van der Waals surface area contributed by atoms with E-state index in [1.165, 1.54) is 12.3 Å². The highest BCUT2D eigenvalue weighted by atomic mass is 36.0. The molecule has 0 bridgehead atoms. The second-order valence-electron chi connectivity index (χ2n) is 5.11. The van der Waals surface area contributed by atoms with Gasteiger partial charge in [-0.05, 0) is 48.0 Å². The number of aromatic carboxylic acids is 1. The number of fused-ring (bicyclic) bond motifs is 2. The summed E-state index contributed by atoms with van der Waals surface area (Å²) in [6, 6.07) is 13.5. The predicted octanol–water partition coefficient (Wildman–Crippen LogP) is 5.99. The lowest BCUT2D eigenvalue weighted by Crippen LogP contribution is -1.94. The fraction of sp³-hybridized carbons (Fsp3) is 0. The van der Waals surface area contributed by atoms with Crippen LogP contribution in [0.2, 0.25) is 0 Å². The van der Waals surface area contributed by atoms with Crippen molar-refractivity contribution in [3.05, 3.63) is 72.2 Å². The van der Waals surface area contributed by atoms with Crippen molar-refractivity contribution in [2.75, 3.05) is 0 Å². The molecular weight excluding hydrogens is 451 g/mol. The van der Waals surface area contributed by atoms with Crippen molar-refractivity contribution in [1.82, 2.24) is 0 Å². The summed E-state index contributed by atoms with van der Waals surface area (Å²) >= 11 is 5.29. The average molecular weight is 462 g/mol. The fourth-order valence-corrected chi connectivity index (χ4v) is 2.28. The van der Waals surface area contributed by atoms with Crippen LogP contribution in [0.25, 0.3) is 21.9 Å². The standard InChI is InChI=1S/C9H5ClO2.C9H6O3.Cl2OS/c2*10-9(11)7-2-1-6-3-4-12-8(6)5-7;1-4(2)3/h1-5H;1-5H,(H,10,11);. The third-order valence-corrected chi connectivity index (χ3v) is 3.60. The lowest BCUT2D eigenvalue weighted by atomic mass is 10.2. The van der Waals surface area contributed by atoms with Crippen LogP contribution in [0.4, 0.5) is 0 Å². The smallest absolute Gasteiger partial charge is 0.335 e. The van der Waals surface area contributed by atoms with E-state index >= 15 is 0 Å². The van der Waals surface area contributed by atoms with Crippen molar-refractivity contribution in [2.45, 2.75) is 0 Å². The predicted molar refractivity (Wildman–Crippen MR) is 109 cm³/mol. The Morgan fingerprint density at radius 2 is 1.25 bits per heavy atom. The molecule has 4 rings (SSSR count). The van der Waals surface area contributed by atoms with Gasteiger partial charge in [0.05, 0.1) is 18.1 Å². The maximum absolute atomic E-state index is 10.7. The van der Waals surface area contributed by atoms with Crippen molar-refractivity contribution in [1.29, 1.82) is 0 Å². The zero-order valence-corrected chi connectivity index (χ0v) is 16.9. The molecule has 2 aromatic carbocycles. The zero-order chi connectivity index (χ0) is 20.7. The number of rotatable bonds is 2. The summed E-state index contributed by atoms with van der Waals surface area (Å²) in [5.41, 5.74) is 1.99. The van der Waals surface area contributed by atoms with Crippen molar-refractivity contribution in [2.24, 2.45) is 0 Å². The summed E-state index contributed by atoms with van der Waals surface area (Å²) in [7, 11) is 7.36. The summed E-state index contributed by atoms with van der Waals surface area (Å²) in [4.78, 5) is 21.3. The second kappa shape index (κ2) is 10.3. The largest absolute Gasteiger partial charge is 0.478 e. The third-order valence-electron chi connectivity index (χ3n) is 3.39. The van der Waals surface area contributed by atoms with Gasteiger partial charge in [-0.1, -0.05) is 12.1 Å². The van der Waals surface area contributed by atoms with Crippen LogP contribution in [0.5, 0.6) is 0 Å². The van der Waals surface area contributed by atoms with Crippen LogP contribution in [0, 0.1) is 0 Å². The second-order valence-corrected chi connectivity index (χ2v) is 7.98. The quantitative estimate of drug-likeness (QED) is 0.368. The molecule has 1 N–H and O–H groups in total. The molecular formula is C18H11Cl3O6S. The van der Waals surface area contributed by atoms with Crippen LogP contribution >= 0.6 is 33.0 Å². The van der Waals surface area contributed by atoms with E-state index < -0.39 is 20.4 Å². The molecule has 0 aliphatic rings. The van der Waals surface area contributed by atoms with Crippen LogP contribution in [0.3, 0.4) is 0 Å². The Bertz CT molecular complexity index is 1050. The van der Waals surface area contributed by atoms with Crippen LogP contribution in [-0.4, -0.2) is 20.5 Å². The summed E-state index contributed by atoms with van der Waals surface area (Å²) in [5.74, 6) is -0.937. The van der Waals surface area contributed by atoms with Crippen LogP contribution < -0.4 is 0 Å². The van der Waals surface area contributed by atoms with Crippen LogP contribution in [0.1, 0.15) is 20.7 Å². The molecule has 4 aromatic rings. The van der Waals surface area contributed by atoms with Gasteiger partial charge in [-0.3, -0.25) is 4.79 Å². The van der Waals surface area contributed by atoms with E-state index in [4.69, 9.17) is 29.8 Å². The molecule has 28 heavy (non-hydrogen) atoms. The summed E-state index contributed by atoms with van der Waals surface area (Å²) in [6.07, 6.45) is 3.11. The fourth-order valence-electron chi connectivity index (χ4n) is 2.16. The van der Waals surface area contributed by atoms with Gasteiger partial charge in [0, 0.05) is 37.7 Å². The first-order chi connectivity index (χ1) is 13.3. The van der Waals surface area contributed by atoms with Gasteiger partial charge in [-0.2, -0.15) is 0 Å². The first-order valence-electron chi connectivity index (χ1n) is 7.40. The minimum absolute atomic E-state index is 0.248. The molecule has 0 saturated heterocycles. The number of hydrogen-bond donors (Lipinski definition) is 1. The van der Waals surface area contributed by atoms with Crippen molar-refractivity contribution in [3.63, 3.8) is 0 Å². The van der Waals surface area contributed by atoms with Crippen LogP contribution in [-0.2, 0) is 9.23 Å². The number of hydrogen-bond acceptors (Lipinski definition) is 5. The Morgan fingerprint density at radius 1 is 0.821 bits per heavy atom. The van der Waals surface area contributed by atoms with E-state index in [2.05, 4.69) is 21.4 Å². The lowest BCUT2D eigenvalue weighted by molar-refractivity contribution is 0.0696. The molecule has 0 aliphatic carbocycles. The molecule has 0 unspecified atom stereocenters. The van der Waals surface area contributed by atoms with Gasteiger partial charge in [0.1, 0.15) is 11.2 Å². The van der Waals surface area contributed by atoms with E-state index in [9.17, 15) is 9.59 Å². The van der Waals surface area contributed by atoms with Gasteiger partial charge in [0.25, 0.3) is 5.24 Å². The normalized spacial score (nSPS) is 10.1. The molecule has 2 heterocycles. The minimum atomic E-state index is -1.67. The molecule has 0 amide bonds. The van der Waals surface area contributed by atoms with Crippen molar-refractivity contribution >= 4 is 75.3 Å². The highest BCUT2D eigenvalue weighted by Crippen LogP contribution is 2.18. The molecule has 0 aliphatic heterocycles. The molecule has 0 fully saturated rings. The molecule has 0 radical (unpaired) electrons. The van der Waals surface area contributed by atoms with Crippen molar-refractivity contribution < 1.29 is 27.7 Å². The summed E-state index contributed by atoms with van der Waals surface area (Å²) in [5, 5.41) is 10.1. The maximum Gasteiger partial charge on any atom is 0.335 e. The average Bonchev–Trinajstić information content (AvgIpc) is 3.29. The van der Waals surface area contributed by atoms with Gasteiger partial charge >= 0.3 is 5.97 Å². The molecule has 2 aromatic heterocycles. The highest BCUT2D eigenvalue weighted by Gasteiger charge is 2.04. The van der Waals surface area contributed by atoms with E-state index in [-0.39, 0.29) is 5.56 Å². The number of carbonyl (C=O) groups excluding carboxylic acids is 1. The number of halogens is 3. The first kappa shape index (κ1) is 22.0. The minimum Gasteiger partial charge on any atom is -0.478 e. The SMILES string of the molecule is O=C(Cl)c1ccc2ccoc2c1.O=C(O)c1ccc2ccoc2c1.O=S(Cl)Cl. The zero-order valence-electron chi connectivity index (χ0n) is 13.8. The van der Waals surface area contributed by atoms with Crippen LogP contribution in [0.15, 0.2) is 69.9 Å². The summed E-state index contributed by atoms with van der Waals surface area (Å²) < 4.78 is 19.2. The van der Waals surface area contributed by atoms with E-state index in [1.54, 1.807) is 42.7 Å². The van der Waals surface area contributed by atoms with E-state index in [0.29, 0.717) is 16.7 Å². The maximum atomic E-state index is 10.7. The van der Waals surface area contributed by atoms with Gasteiger partial charge in [0.15, 0.2) is 0 Å². The topological polar surface area (TPSA) is 97.7 Å². The van der Waals surface area contributed by atoms with Crippen molar-refractivity contribution in [3.8, 4) is 0 Å². The molecule has 0 saturated carbocycles. The molecule has 0 atom stereocenters. The number of carboxylic acid groups (broad SMARTS) is 1. The monoisotopic (exact) mass is 460 g/mol.